The van der Waals surface area contributed by atoms with Crippen LogP contribution in [0.2, 0.25) is 0 Å². The van der Waals surface area contributed by atoms with E-state index in [4.69, 9.17) is 4.42 Å². The molecule has 0 spiro atoms. The van der Waals surface area contributed by atoms with Crippen LogP contribution in [0, 0.1) is 0 Å². The lowest BCUT2D eigenvalue weighted by Crippen LogP contribution is -2.02. The summed E-state index contributed by atoms with van der Waals surface area (Å²) in [5, 5.41) is 0. The van der Waals surface area contributed by atoms with E-state index in [1.54, 1.807) is 12.0 Å². The zero-order valence-electron chi connectivity index (χ0n) is 13.6. The van der Waals surface area contributed by atoms with E-state index in [-0.39, 0.29) is 0 Å². The summed E-state index contributed by atoms with van der Waals surface area (Å²) in [7, 11) is 0. The van der Waals surface area contributed by atoms with Crippen molar-refractivity contribution in [3.8, 4) is 0 Å². The maximum absolute atomic E-state index is 5.40. The molecule has 2 nitrogen and oxygen atoms in total. The van der Waals surface area contributed by atoms with E-state index in [1.807, 2.05) is 6.07 Å². The fourth-order valence-corrected chi connectivity index (χ4v) is 3.26. The lowest BCUT2D eigenvalue weighted by molar-refractivity contribution is 0.467. The summed E-state index contributed by atoms with van der Waals surface area (Å²) in [5.74, 6) is 1.11. The Balaban J connectivity index is 1.48. The number of allylic oxidation sites excluding steroid dienone is 1. The Morgan fingerprint density at radius 1 is 1.05 bits per heavy atom. The third-order valence-electron chi connectivity index (χ3n) is 4.37. The molecule has 2 heterocycles. The Morgan fingerprint density at radius 3 is 2.55 bits per heavy atom. The maximum Gasteiger partial charge on any atom is 0.103 e. The van der Waals surface area contributed by atoms with Crippen molar-refractivity contribution < 1.29 is 4.42 Å². The third kappa shape index (κ3) is 3.62. The van der Waals surface area contributed by atoms with Gasteiger partial charge in [-0.1, -0.05) is 42.3 Å². The second-order valence-electron chi connectivity index (χ2n) is 6.34. The van der Waals surface area contributed by atoms with E-state index >= 15 is 0 Å². The standard InChI is InChI=1S/C20H25NO/c1-16(2)20-19(13-7-6-11-18-12-8-14-22-18)21(20)15-17-9-4-3-5-10-17/h3-5,8-10,12,14,19H,6-7,11,13,15H2,1-2H3/t19-,21?/m1/s1. The van der Waals surface area contributed by atoms with Crippen molar-refractivity contribution in [2.75, 3.05) is 0 Å². The fraction of sp³-hybridized carbons (Fsp3) is 0.400. The first-order chi connectivity index (χ1) is 10.8. The molecule has 22 heavy (non-hydrogen) atoms. The van der Waals surface area contributed by atoms with Gasteiger partial charge in [0.05, 0.1) is 12.3 Å². The Morgan fingerprint density at radius 2 is 1.86 bits per heavy atom. The van der Waals surface area contributed by atoms with Crippen LogP contribution in [0.15, 0.2) is 64.4 Å². The molecule has 0 aliphatic carbocycles. The van der Waals surface area contributed by atoms with E-state index in [2.05, 4.69) is 55.1 Å². The first-order valence-corrected chi connectivity index (χ1v) is 8.26. The minimum Gasteiger partial charge on any atom is -0.469 e. The largest absolute Gasteiger partial charge is 0.469 e. The summed E-state index contributed by atoms with van der Waals surface area (Å²) in [4.78, 5) is 2.55. The molecule has 116 valence electrons. The highest BCUT2D eigenvalue weighted by Gasteiger charge is 2.40. The van der Waals surface area contributed by atoms with Crippen LogP contribution in [0.5, 0.6) is 0 Å². The maximum atomic E-state index is 5.40. The van der Waals surface area contributed by atoms with Gasteiger partial charge in [0.15, 0.2) is 0 Å². The van der Waals surface area contributed by atoms with Gasteiger partial charge in [0.2, 0.25) is 0 Å². The van der Waals surface area contributed by atoms with Crippen LogP contribution in [-0.4, -0.2) is 10.9 Å². The van der Waals surface area contributed by atoms with Crippen LogP contribution in [0.1, 0.15) is 44.4 Å². The highest BCUT2D eigenvalue weighted by molar-refractivity contribution is 5.32. The number of rotatable bonds is 7. The van der Waals surface area contributed by atoms with Crippen molar-refractivity contribution in [2.24, 2.45) is 0 Å². The molecule has 0 unspecified atom stereocenters. The van der Waals surface area contributed by atoms with Gasteiger partial charge in [0, 0.05) is 18.7 Å². The van der Waals surface area contributed by atoms with Gasteiger partial charge in [-0.2, -0.15) is 0 Å². The van der Waals surface area contributed by atoms with Gasteiger partial charge < -0.3 is 9.32 Å². The molecule has 1 aromatic carbocycles. The highest BCUT2D eigenvalue weighted by Crippen LogP contribution is 2.40. The van der Waals surface area contributed by atoms with Crippen LogP contribution < -0.4 is 0 Å². The summed E-state index contributed by atoms with van der Waals surface area (Å²) >= 11 is 0. The zero-order chi connectivity index (χ0) is 15.4. The summed E-state index contributed by atoms with van der Waals surface area (Å²) < 4.78 is 5.40. The topological polar surface area (TPSA) is 16.1 Å². The first-order valence-electron chi connectivity index (χ1n) is 8.26. The average molecular weight is 295 g/mol. The molecule has 1 aliphatic rings. The molecule has 1 aliphatic heterocycles. The van der Waals surface area contributed by atoms with Gasteiger partial charge in [-0.3, -0.25) is 0 Å². The third-order valence-corrected chi connectivity index (χ3v) is 4.37. The number of hydrogen-bond donors (Lipinski definition) is 0. The molecule has 0 radical (unpaired) electrons. The SMILES string of the molecule is CC(C)=C1[C@@H](CCCCc2ccco2)N1Cc1ccccc1. The van der Waals surface area contributed by atoms with Gasteiger partial charge in [-0.25, -0.2) is 0 Å². The van der Waals surface area contributed by atoms with E-state index < -0.39 is 0 Å². The van der Waals surface area contributed by atoms with Crippen LogP contribution in [0.4, 0.5) is 0 Å². The minimum atomic E-state index is 0.654. The summed E-state index contributed by atoms with van der Waals surface area (Å²) in [6.45, 7) is 5.51. The minimum absolute atomic E-state index is 0.654. The molecule has 1 saturated heterocycles. The van der Waals surface area contributed by atoms with Crippen molar-refractivity contribution >= 4 is 0 Å². The zero-order valence-corrected chi connectivity index (χ0v) is 13.6. The Kier molecular flexibility index (Phi) is 4.67. The first kappa shape index (κ1) is 15.0. The van der Waals surface area contributed by atoms with Gasteiger partial charge in [-0.05, 0) is 44.4 Å². The average Bonchev–Trinajstić information content (AvgIpc) is 2.95. The molecular weight excluding hydrogens is 270 g/mol. The Bertz CT molecular complexity index is 608. The van der Waals surface area contributed by atoms with Crippen LogP contribution in [0.25, 0.3) is 0 Å². The van der Waals surface area contributed by atoms with Gasteiger partial charge in [0.1, 0.15) is 5.76 Å². The molecule has 1 aromatic heterocycles. The lowest BCUT2D eigenvalue weighted by Gasteiger charge is -2.05. The van der Waals surface area contributed by atoms with E-state index in [9.17, 15) is 0 Å². The summed E-state index contributed by atoms with van der Waals surface area (Å²) in [5.41, 5.74) is 4.42. The lowest BCUT2D eigenvalue weighted by atomic mass is 10.1. The number of hydrogen-bond acceptors (Lipinski definition) is 2. The van der Waals surface area contributed by atoms with Gasteiger partial charge >= 0.3 is 0 Å². The normalized spacial score (nSPS) is 16.9. The molecule has 2 heteroatoms. The van der Waals surface area contributed by atoms with Crippen LogP contribution in [0.3, 0.4) is 0 Å². The van der Waals surface area contributed by atoms with E-state index in [0.29, 0.717) is 6.04 Å². The fourth-order valence-electron chi connectivity index (χ4n) is 3.26. The number of nitrogens with zero attached hydrogens (tertiary/aromatic N) is 1. The van der Waals surface area contributed by atoms with Crippen molar-refractivity contribution in [2.45, 2.75) is 52.1 Å². The van der Waals surface area contributed by atoms with Crippen molar-refractivity contribution in [3.63, 3.8) is 0 Å². The molecule has 3 rings (SSSR count). The number of benzene rings is 1. The van der Waals surface area contributed by atoms with Crippen LogP contribution in [-0.2, 0) is 13.0 Å². The predicted octanol–water partition coefficient (Wildman–Crippen LogP) is 5.17. The predicted molar refractivity (Wildman–Crippen MR) is 90.4 cm³/mol. The van der Waals surface area contributed by atoms with Gasteiger partial charge in [0.25, 0.3) is 0 Å². The summed E-state index contributed by atoms with van der Waals surface area (Å²) in [6, 6.07) is 15.5. The second-order valence-corrected chi connectivity index (χ2v) is 6.34. The van der Waals surface area contributed by atoms with Crippen molar-refractivity contribution in [1.29, 1.82) is 0 Å². The quantitative estimate of drug-likeness (QED) is 0.517. The van der Waals surface area contributed by atoms with Crippen molar-refractivity contribution in [3.05, 3.63) is 71.3 Å². The molecule has 0 bridgehead atoms. The summed E-state index contributed by atoms with van der Waals surface area (Å²) in [6.07, 6.45) is 6.54. The molecule has 0 N–H and O–H groups in total. The molecule has 0 amide bonds. The molecule has 1 atom stereocenters. The Hall–Kier alpha value is -1.96. The van der Waals surface area contributed by atoms with E-state index in [1.165, 1.54) is 30.4 Å². The van der Waals surface area contributed by atoms with Gasteiger partial charge in [-0.15, -0.1) is 0 Å². The molecular formula is C20H25NO. The second kappa shape index (κ2) is 6.87. The number of aryl methyl sites for hydroxylation is 1. The van der Waals surface area contributed by atoms with Crippen LogP contribution >= 0.6 is 0 Å². The monoisotopic (exact) mass is 295 g/mol. The highest BCUT2D eigenvalue weighted by atomic mass is 16.3. The molecule has 1 fully saturated rings. The van der Waals surface area contributed by atoms with E-state index in [0.717, 1.165) is 18.7 Å². The number of unbranched alkanes of at least 4 members (excludes halogenated alkanes) is 1. The smallest absolute Gasteiger partial charge is 0.103 e. The Labute approximate surface area is 133 Å². The number of furan rings is 1. The molecule has 2 aromatic rings. The molecule has 0 saturated carbocycles. The van der Waals surface area contributed by atoms with Crippen molar-refractivity contribution in [1.82, 2.24) is 4.90 Å².